The molecule has 1 aromatic carbocycles. The van der Waals surface area contributed by atoms with Gasteiger partial charge in [0.2, 0.25) is 0 Å². The fourth-order valence-electron chi connectivity index (χ4n) is 2.94. The molecule has 2 rings (SSSR count). The lowest BCUT2D eigenvalue weighted by molar-refractivity contribution is -0.0522. The van der Waals surface area contributed by atoms with Crippen molar-refractivity contribution in [2.24, 2.45) is 11.8 Å². The number of hydrogen-bond acceptors (Lipinski definition) is 1. The molecule has 0 radical (unpaired) electrons. The molecule has 3 atom stereocenters. The van der Waals surface area contributed by atoms with E-state index in [9.17, 15) is 5.11 Å². The zero-order valence-corrected chi connectivity index (χ0v) is 13.3. The Labute approximate surface area is 123 Å². The van der Waals surface area contributed by atoms with Crippen molar-refractivity contribution in [3.8, 4) is 0 Å². The molecule has 100 valence electrons. The highest BCUT2D eigenvalue weighted by molar-refractivity contribution is 9.10. The minimum atomic E-state index is -0.593. The van der Waals surface area contributed by atoms with Crippen molar-refractivity contribution in [2.75, 3.05) is 0 Å². The Kier molecular flexibility index (Phi) is 4.40. The highest BCUT2D eigenvalue weighted by Crippen LogP contribution is 2.40. The van der Waals surface area contributed by atoms with Crippen LogP contribution in [-0.2, 0) is 6.42 Å². The molecule has 1 N–H and O–H groups in total. The molecule has 0 aromatic heterocycles. The van der Waals surface area contributed by atoms with E-state index in [1.54, 1.807) is 0 Å². The molecular formula is C15H20BrClO. The van der Waals surface area contributed by atoms with E-state index in [-0.39, 0.29) is 0 Å². The van der Waals surface area contributed by atoms with Crippen LogP contribution in [0.2, 0.25) is 5.02 Å². The van der Waals surface area contributed by atoms with Crippen LogP contribution in [-0.4, -0.2) is 10.7 Å². The average molecular weight is 332 g/mol. The molecule has 1 saturated carbocycles. The van der Waals surface area contributed by atoms with Crippen LogP contribution >= 0.6 is 27.5 Å². The molecule has 0 bridgehead atoms. The smallest absolute Gasteiger partial charge is 0.0714 e. The van der Waals surface area contributed by atoms with Gasteiger partial charge in [-0.1, -0.05) is 47.4 Å². The van der Waals surface area contributed by atoms with Gasteiger partial charge in [0.1, 0.15) is 0 Å². The first-order valence-corrected chi connectivity index (χ1v) is 7.74. The van der Waals surface area contributed by atoms with Gasteiger partial charge in [-0.2, -0.15) is 0 Å². The molecule has 3 heteroatoms. The van der Waals surface area contributed by atoms with E-state index in [2.05, 4.69) is 29.8 Å². The molecule has 0 amide bonds. The Morgan fingerprint density at radius 3 is 2.78 bits per heavy atom. The van der Waals surface area contributed by atoms with Gasteiger partial charge >= 0.3 is 0 Å². The number of aliphatic hydroxyl groups is 1. The standard InChI is InChI=1S/C15H20BrClO/c1-10-5-6-15(18,11(2)7-10)9-12-3-4-13(16)8-14(12)17/h3-4,8,10-11,18H,5-7,9H2,1-2H3. The summed E-state index contributed by atoms with van der Waals surface area (Å²) in [5.74, 6) is 1.06. The van der Waals surface area contributed by atoms with Gasteiger partial charge < -0.3 is 5.11 Å². The first kappa shape index (κ1) is 14.4. The third-order valence-electron chi connectivity index (χ3n) is 4.25. The summed E-state index contributed by atoms with van der Waals surface area (Å²) in [6.07, 6.45) is 3.74. The summed E-state index contributed by atoms with van der Waals surface area (Å²) in [4.78, 5) is 0. The van der Waals surface area contributed by atoms with E-state index >= 15 is 0 Å². The summed E-state index contributed by atoms with van der Waals surface area (Å²) in [5.41, 5.74) is 0.452. The minimum absolute atomic E-state index is 0.334. The van der Waals surface area contributed by atoms with E-state index in [4.69, 9.17) is 11.6 Å². The molecule has 1 aliphatic carbocycles. The third-order valence-corrected chi connectivity index (χ3v) is 5.10. The molecule has 3 unspecified atom stereocenters. The zero-order valence-electron chi connectivity index (χ0n) is 10.9. The third kappa shape index (κ3) is 3.09. The lowest BCUT2D eigenvalue weighted by Gasteiger charge is -2.41. The molecule has 1 aliphatic rings. The normalized spacial score (nSPS) is 32.5. The fraction of sp³-hybridized carbons (Fsp3) is 0.600. The van der Waals surface area contributed by atoms with Crippen molar-refractivity contribution < 1.29 is 5.11 Å². The largest absolute Gasteiger partial charge is 0.389 e. The van der Waals surface area contributed by atoms with Crippen molar-refractivity contribution in [1.82, 2.24) is 0 Å². The van der Waals surface area contributed by atoms with Crippen molar-refractivity contribution in [3.05, 3.63) is 33.3 Å². The number of benzene rings is 1. The lowest BCUT2D eigenvalue weighted by atomic mass is 9.70. The zero-order chi connectivity index (χ0) is 13.3. The maximum atomic E-state index is 10.8. The summed E-state index contributed by atoms with van der Waals surface area (Å²) in [7, 11) is 0. The first-order chi connectivity index (χ1) is 8.40. The van der Waals surface area contributed by atoms with Crippen LogP contribution in [0.1, 0.15) is 38.7 Å². The van der Waals surface area contributed by atoms with E-state index in [0.717, 1.165) is 40.2 Å². The second kappa shape index (κ2) is 5.52. The fourth-order valence-corrected chi connectivity index (χ4v) is 3.68. The summed E-state index contributed by atoms with van der Waals surface area (Å²) in [6, 6.07) is 5.90. The first-order valence-electron chi connectivity index (χ1n) is 6.57. The van der Waals surface area contributed by atoms with Gasteiger partial charge in [0, 0.05) is 15.9 Å². The second-order valence-electron chi connectivity index (χ2n) is 5.80. The minimum Gasteiger partial charge on any atom is -0.389 e. The molecule has 0 spiro atoms. The Morgan fingerprint density at radius 1 is 1.44 bits per heavy atom. The topological polar surface area (TPSA) is 20.2 Å². The van der Waals surface area contributed by atoms with Crippen LogP contribution in [0.5, 0.6) is 0 Å². The van der Waals surface area contributed by atoms with E-state index < -0.39 is 5.60 Å². The van der Waals surface area contributed by atoms with Crippen molar-refractivity contribution >= 4 is 27.5 Å². The van der Waals surface area contributed by atoms with Crippen LogP contribution < -0.4 is 0 Å². The maximum Gasteiger partial charge on any atom is 0.0714 e. The molecule has 1 aromatic rings. The van der Waals surface area contributed by atoms with Gasteiger partial charge in [0.15, 0.2) is 0 Å². The van der Waals surface area contributed by atoms with Gasteiger partial charge in [-0.05, 0) is 48.8 Å². The molecule has 1 nitrogen and oxygen atoms in total. The second-order valence-corrected chi connectivity index (χ2v) is 7.12. The van der Waals surface area contributed by atoms with Gasteiger partial charge in [0.05, 0.1) is 5.60 Å². The summed E-state index contributed by atoms with van der Waals surface area (Å²) < 4.78 is 0.980. The van der Waals surface area contributed by atoms with E-state index in [0.29, 0.717) is 12.3 Å². The molecular weight excluding hydrogens is 312 g/mol. The van der Waals surface area contributed by atoms with Gasteiger partial charge in [-0.15, -0.1) is 0 Å². The molecule has 0 saturated heterocycles. The molecule has 0 heterocycles. The van der Waals surface area contributed by atoms with Crippen molar-refractivity contribution in [3.63, 3.8) is 0 Å². The van der Waals surface area contributed by atoms with Crippen LogP contribution in [0.15, 0.2) is 22.7 Å². The quantitative estimate of drug-likeness (QED) is 0.822. The summed E-state index contributed by atoms with van der Waals surface area (Å²) in [6.45, 7) is 4.42. The molecule has 18 heavy (non-hydrogen) atoms. The van der Waals surface area contributed by atoms with Gasteiger partial charge in [-0.25, -0.2) is 0 Å². The van der Waals surface area contributed by atoms with Gasteiger partial charge in [-0.3, -0.25) is 0 Å². The Morgan fingerprint density at radius 2 is 2.17 bits per heavy atom. The molecule has 1 fully saturated rings. The van der Waals surface area contributed by atoms with Crippen LogP contribution in [0, 0.1) is 11.8 Å². The average Bonchev–Trinajstić information content (AvgIpc) is 2.29. The highest BCUT2D eigenvalue weighted by atomic mass is 79.9. The molecule has 0 aliphatic heterocycles. The lowest BCUT2D eigenvalue weighted by Crippen LogP contribution is -2.43. The Bertz CT molecular complexity index is 435. The van der Waals surface area contributed by atoms with Crippen LogP contribution in [0.4, 0.5) is 0 Å². The van der Waals surface area contributed by atoms with Crippen molar-refractivity contribution in [1.29, 1.82) is 0 Å². The summed E-state index contributed by atoms with van der Waals surface area (Å²) >= 11 is 9.65. The predicted octanol–water partition coefficient (Wildman–Crippen LogP) is 4.83. The van der Waals surface area contributed by atoms with E-state index in [1.807, 2.05) is 18.2 Å². The predicted molar refractivity (Wildman–Crippen MR) is 80.0 cm³/mol. The number of halogens is 2. The number of rotatable bonds is 2. The summed E-state index contributed by atoms with van der Waals surface area (Å²) in [5, 5.41) is 11.6. The van der Waals surface area contributed by atoms with Crippen LogP contribution in [0.3, 0.4) is 0 Å². The highest BCUT2D eigenvalue weighted by Gasteiger charge is 2.38. The Hall–Kier alpha value is -0.0500. The SMILES string of the molecule is CC1CCC(O)(Cc2ccc(Br)cc2Cl)C(C)C1. The monoisotopic (exact) mass is 330 g/mol. The Balaban J connectivity index is 2.17. The van der Waals surface area contributed by atoms with Gasteiger partial charge in [0.25, 0.3) is 0 Å². The maximum absolute atomic E-state index is 10.8. The van der Waals surface area contributed by atoms with E-state index in [1.165, 1.54) is 0 Å². The van der Waals surface area contributed by atoms with Crippen molar-refractivity contribution in [2.45, 2.75) is 45.1 Å². The van der Waals surface area contributed by atoms with Crippen LogP contribution in [0.25, 0.3) is 0 Å². The number of hydrogen-bond donors (Lipinski definition) is 1.